The van der Waals surface area contributed by atoms with Crippen LogP contribution in [0.4, 0.5) is 0 Å². The van der Waals surface area contributed by atoms with Crippen molar-refractivity contribution in [2.24, 2.45) is 28.6 Å². The Hall–Kier alpha value is -0.830. The van der Waals surface area contributed by atoms with Crippen LogP contribution in [0.25, 0.3) is 0 Å². The second kappa shape index (κ2) is 8.10. The molecule has 0 aromatic carbocycles. The molecule has 0 aromatic heterocycles. The molecular weight excluding hydrogens is 424 g/mol. The number of aliphatic hydroxyl groups is 6. The molecule has 3 fully saturated rings. The van der Waals surface area contributed by atoms with E-state index in [1.807, 2.05) is 13.8 Å². The Morgan fingerprint density at radius 2 is 1.76 bits per heavy atom. The number of fused-ring (bicyclic) bond motifs is 5. The van der Waals surface area contributed by atoms with Gasteiger partial charge in [-0.15, -0.1) is 0 Å². The molecule has 0 saturated heterocycles. The smallest absolute Gasteiger partial charge is 0.159 e. The fourth-order valence-corrected chi connectivity index (χ4v) is 7.90. The number of rotatable bonds is 5. The molecule has 0 aromatic rings. The Morgan fingerprint density at radius 3 is 2.39 bits per heavy atom. The van der Waals surface area contributed by atoms with E-state index in [4.69, 9.17) is 0 Å². The molecule has 7 nitrogen and oxygen atoms in total. The van der Waals surface area contributed by atoms with Crippen molar-refractivity contribution >= 4 is 5.78 Å². The summed E-state index contributed by atoms with van der Waals surface area (Å²) in [5.41, 5.74) is -2.71. The molecular formula is C26H42O7. The lowest BCUT2D eigenvalue weighted by molar-refractivity contribution is -0.158. The fourth-order valence-electron chi connectivity index (χ4n) is 7.90. The normalized spacial score (nSPS) is 47.3. The Kier molecular flexibility index (Phi) is 6.21. The van der Waals surface area contributed by atoms with E-state index in [2.05, 4.69) is 0 Å². The van der Waals surface area contributed by atoms with Gasteiger partial charge < -0.3 is 30.6 Å². The number of aliphatic hydroxyl groups excluding tert-OH is 4. The summed E-state index contributed by atoms with van der Waals surface area (Å²) in [7, 11) is 0. The number of ketones is 1. The zero-order valence-corrected chi connectivity index (χ0v) is 20.4. The van der Waals surface area contributed by atoms with Gasteiger partial charge in [-0.3, -0.25) is 4.79 Å². The minimum atomic E-state index is -1.26. The lowest BCUT2D eigenvalue weighted by Crippen LogP contribution is -2.61. The van der Waals surface area contributed by atoms with Crippen molar-refractivity contribution in [2.45, 2.75) is 115 Å². The van der Waals surface area contributed by atoms with Gasteiger partial charge in [0.25, 0.3) is 0 Å². The van der Waals surface area contributed by atoms with Gasteiger partial charge >= 0.3 is 0 Å². The van der Waals surface area contributed by atoms with E-state index in [9.17, 15) is 35.4 Å². The van der Waals surface area contributed by atoms with Crippen LogP contribution in [0.5, 0.6) is 0 Å². The molecule has 0 radical (unpaired) electrons. The number of carbonyl (C=O) groups is 1. The van der Waals surface area contributed by atoms with Crippen LogP contribution in [-0.4, -0.2) is 72.0 Å². The molecule has 33 heavy (non-hydrogen) atoms. The Bertz CT molecular complexity index is 818. The highest BCUT2D eigenvalue weighted by Gasteiger charge is 2.67. The summed E-state index contributed by atoms with van der Waals surface area (Å²) in [4.78, 5) is 13.2. The van der Waals surface area contributed by atoms with Crippen LogP contribution < -0.4 is 0 Å². The molecule has 4 aliphatic rings. The topological polar surface area (TPSA) is 138 Å². The number of hydrogen-bond acceptors (Lipinski definition) is 7. The minimum Gasteiger partial charge on any atom is -0.390 e. The molecule has 0 aliphatic heterocycles. The van der Waals surface area contributed by atoms with Crippen molar-refractivity contribution in [3.63, 3.8) is 0 Å². The molecule has 0 heterocycles. The lowest BCUT2D eigenvalue weighted by Gasteiger charge is -2.60. The average molecular weight is 467 g/mol. The third-order valence-corrected chi connectivity index (χ3v) is 10.0. The van der Waals surface area contributed by atoms with Crippen LogP contribution in [-0.2, 0) is 4.79 Å². The summed E-state index contributed by atoms with van der Waals surface area (Å²) in [6.45, 7) is 7.32. The van der Waals surface area contributed by atoms with E-state index in [0.717, 1.165) is 6.42 Å². The van der Waals surface area contributed by atoms with Crippen molar-refractivity contribution in [3.8, 4) is 0 Å². The van der Waals surface area contributed by atoms with Gasteiger partial charge in [0.2, 0.25) is 0 Å². The first kappa shape index (κ1) is 25.3. The summed E-state index contributed by atoms with van der Waals surface area (Å²) in [5, 5.41) is 64.5. The van der Waals surface area contributed by atoms with Gasteiger partial charge in [-0.2, -0.15) is 0 Å². The molecule has 6 unspecified atom stereocenters. The highest BCUT2D eigenvalue weighted by atomic mass is 16.3. The zero-order valence-electron chi connectivity index (χ0n) is 20.4. The van der Waals surface area contributed by atoms with Gasteiger partial charge in [0.15, 0.2) is 5.78 Å². The molecule has 6 N–H and O–H groups in total. The predicted molar refractivity (Wildman–Crippen MR) is 122 cm³/mol. The number of hydrogen-bond donors (Lipinski definition) is 6. The second-order valence-corrected chi connectivity index (χ2v) is 12.6. The van der Waals surface area contributed by atoms with Crippen molar-refractivity contribution in [1.29, 1.82) is 0 Å². The van der Waals surface area contributed by atoms with E-state index >= 15 is 0 Å². The quantitative estimate of drug-likeness (QED) is 0.361. The third kappa shape index (κ3) is 3.83. The van der Waals surface area contributed by atoms with Gasteiger partial charge in [0, 0.05) is 11.3 Å². The molecule has 0 spiro atoms. The first-order valence-electron chi connectivity index (χ1n) is 12.6. The summed E-state index contributed by atoms with van der Waals surface area (Å²) in [6.07, 6.45) is 1.25. The summed E-state index contributed by atoms with van der Waals surface area (Å²) >= 11 is 0. The van der Waals surface area contributed by atoms with Crippen LogP contribution in [0.1, 0.15) is 79.1 Å². The number of carbonyl (C=O) groups excluding carboxylic acids is 1. The summed E-state index contributed by atoms with van der Waals surface area (Å²) in [5.74, 6) is -0.873. The lowest BCUT2D eigenvalue weighted by atomic mass is 9.46. The van der Waals surface area contributed by atoms with E-state index in [0.29, 0.717) is 37.7 Å². The van der Waals surface area contributed by atoms with Gasteiger partial charge in [-0.25, -0.2) is 0 Å². The van der Waals surface area contributed by atoms with E-state index < -0.39 is 46.4 Å². The Balaban J connectivity index is 1.62. The molecule has 0 bridgehead atoms. The monoisotopic (exact) mass is 466 g/mol. The molecule has 7 heteroatoms. The molecule has 4 rings (SSSR count). The highest BCUT2D eigenvalue weighted by Crippen LogP contribution is 2.67. The molecule has 0 amide bonds. The van der Waals surface area contributed by atoms with E-state index in [-0.39, 0.29) is 36.4 Å². The molecule has 3 saturated carbocycles. The van der Waals surface area contributed by atoms with Crippen LogP contribution in [0.3, 0.4) is 0 Å². The van der Waals surface area contributed by atoms with Crippen molar-refractivity contribution in [3.05, 3.63) is 11.6 Å². The van der Waals surface area contributed by atoms with Crippen LogP contribution >= 0.6 is 0 Å². The van der Waals surface area contributed by atoms with Crippen molar-refractivity contribution in [1.82, 2.24) is 0 Å². The molecule has 4 aliphatic carbocycles. The average Bonchev–Trinajstić information content (AvgIpc) is 2.99. The van der Waals surface area contributed by atoms with Crippen LogP contribution in [0, 0.1) is 28.6 Å². The van der Waals surface area contributed by atoms with Gasteiger partial charge in [0.05, 0.1) is 35.6 Å². The first-order chi connectivity index (χ1) is 15.1. The van der Waals surface area contributed by atoms with E-state index in [1.165, 1.54) is 0 Å². The standard InChI is InChI=1S/C26H42O7/c1-23(2,32)8-7-18(27)22(31)15-6-10-26(33)16-11-19(28)17-12-20(29)21(30)13-24(17,3)14(16)5-9-25(15,26)4/h11,14-15,17-18,20-22,27,29-33H,5-10,12-13H2,1-4H3/t14?,15?,17?,18-,20?,21?,22?,24-,25-,26+/m1/s1. The Morgan fingerprint density at radius 1 is 1.09 bits per heavy atom. The van der Waals surface area contributed by atoms with Crippen LogP contribution in [0.2, 0.25) is 0 Å². The maximum atomic E-state index is 13.2. The SMILES string of the molecule is CC(C)(O)CC[C@@H](O)C(O)C1CC[C@]2(O)C3=CC(=O)C4CC(O)C(O)C[C@]4(C)C3CC[C@]12C. The molecule has 188 valence electrons. The van der Waals surface area contributed by atoms with Crippen molar-refractivity contribution in [2.75, 3.05) is 0 Å². The van der Waals surface area contributed by atoms with Gasteiger partial charge in [0.1, 0.15) is 0 Å². The largest absolute Gasteiger partial charge is 0.390 e. The van der Waals surface area contributed by atoms with Crippen LogP contribution in [0.15, 0.2) is 11.6 Å². The maximum absolute atomic E-state index is 13.2. The van der Waals surface area contributed by atoms with Gasteiger partial charge in [-0.05, 0) is 94.1 Å². The minimum absolute atomic E-state index is 0.0728. The van der Waals surface area contributed by atoms with Gasteiger partial charge in [-0.1, -0.05) is 13.8 Å². The van der Waals surface area contributed by atoms with Crippen molar-refractivity contribution < 1.29 is 35.4 Å². The molecule has 10 atom stereocenters. The zero-order chi connectivity index (χ0) is 24.6. The predicted octanol–water partition coefficient (Wildman–Crippen LogP) is 1.46. The second-order valence-electron chi connectivity index (χ2n) is 12.6. The third-order valence-electron chi connectivity index (χ3n) is 10.0. The fraction of sp³-hybridized carbons (Fsp3) is 0.885. The first-order valence-corrected chi connectivity index (χ1v) is 12.6. The number of allylic oxidation sites excluding steroid dienone is 1. The Labute approximate surface area is 196 Å². The summed E-state index contributed by atoms with van der Waals surface area (Å²) in [6, 6.07) is 0. The summed E-state index contributed by atoms with van der Waals surface area (Å²) < 4.78 is 0. The maximum Gasteiger partial charge on any atom is 0.159 e. The highest BCUT2D eigenvalue weighted by molar-refractivity contribution is 5.95. The van der Waals surface area contributed by atoms with E-state index in [1.54, 1.807) is 19.9 Å².